The van der Waals surface area contributed by atoms with Gasteiger partial charge in [0, 0.05) is 1.43 Å². The van der Waals surface area contributed by atoms with E-state index in [0.717, 1.165) is 10.5 Å². The average molecular weight is 190 g/mol. The molecule has 12 heavy (non-hydrogen) atoms. The summed E-state index contributed by atoms with van der Waals surface area (Å²) >= 11 is 0. The summed E-state index contributed by atoms with van der Waals surface area (Å²) in [5.74, 6) is 0. The summed E-state index contributed by atoms with van der Waals surface area (Å²) in [6.07, 6.45) is 0. The molecule has 0 radical (unpaired) electrons. The molecule has 0 aromatic carbocycles. The summed E-state index contributed by atoms with van der Waals surface area (Å²) in [5, 5.41) is 0. The third kappa shape index (κ3) is 1.91. The summed E-state index contributed by atoms with van der Waals surface area (Å²) in [6, 6.07) is 0. The first-order valence-corrected chi connectivity index (χ1v) is 5.43. The molecule has 1 nitrogen and oxygen atoms in total. The van der Waals surface area contributed by atoms with Crippen LogP contribution in [0.15, 0.2) is 0 Å². The van der Waals surface area contributed by atoms with Gasteiger partial charge >= 0.3 is 0 Å². The topological polar surface area (TPSA) is 9.23 Å². The van der Waals surface area contributed by atoms with Crippen LogP contribution in [0.3, 0.4) is 0 Å². The van der Waals surface area contributed by atoms with Crippen molar-refractivity contribution in [3.63, 3.8) is 0 Å². The Bertz CT molecular complexity index is 141. The van der Waals surface area contributed by atoms with Crippen LogP contribution in [0.2, 0.25) is 0 Å². The van der Waals surface area contributed by atoms with E-state index in [1.807, 2.05) is 0 Å². The highest BCUT2D eigenvalue weighted by Gasteiger charge is 2.46. The highest BCUT2D eigenvalue weighted by molar-refractivity contribution is 5.98. The van der Waals surface area contributed by atoms with Gasteiger partial charge in [-0.3, -0.25) is 0 Å². The molecule has 0 heterocycles. The minimum atomic E-state index is -0.0216. The minimum Gasteiger partial charge on any atom is -0.422 e. The summed E-state index contributed by atoms with van der Waals surface area (Å²) in [4.78, 5) is 0. The van der Waals surface area contributed by atoms with Crippen molar-refractivity contribution in [2.45, 2.75) is 54.1 Å². The SMILES string of the molecule is CC(C)(C)C(C)(O[SiH3])C(C)(C)C.[HH]. The summed E-state index contributed by atoms with van der Waals surface area (Å²) < 4.78 is 5.81. The number of rotatable bonds is 1. The molecule has 0 bridgehead atoms. The van der Waals surface area contributed by atoms with Crippen molar-refractivity contribution in [1.82, 2.24) is 0 Å². The first-order valence-electron chi connectivity index (χ1n) is 4.61. The van der Waals surface area contributed by atoms with E-state index in [9.17, 15) is 0 Å². The van der Waals surface area contributed by atoms with Gasteiger partial charge in [0.05, 0.1) is 5.60 Å². The average Bonchev–Trinajstić information content (AvgIpc) is 1.81. The van der Waals surface area contributed by atoms with Gasteiger partial charge in [0.15, 0.2) is 0 Å². The van der Waals surface area contributed by atoms with E-state index >= 15 is 0 Å². The van der Waals surface area contributed by atoms with Crippen molar-refractivity contribution in [2.24, 2.45) is 10.8 Å². The van der Waals surface area contributed by atoms with Gasteiger partial charge in [0.25, 0.3) is 0 Å². The first kappa shape index (κ1) is 12.2. The second-order valence-electron chi connectivity index (χ2n) is 5.74. The van der Waals surface area contributed by atoms with Crippen molar-refractivity contribution in [2.75, 3.05) is 0 Å². The third-order valence-electron chi connectivity index (χ3n) is 3.27. The van der Waals surface area contributed by atoms with E-state index in [1.54, 1.807) is 0 Å². The lowest BCUT2D eigenvalue weighted by Gasteiger charge is -2.50. The normalized spacial score (nSPS) is 15.2. The largest absolute Gasteiger partial charge is 0.422 e. The van der Waals surface area contributed by atoms with Crippen molar-refractivity contribution >= 4 is 10.5 Å². The molecule has 0 N–H and O–H groups in total. The molecule has 76 valence electrons. The van der Waals surface area contributed by atoms with E-state index in [0.29, 0.717) is 0 Å². The van der Waals surface area contributed by atoms with E-state index in [1.165, 1.54) is 0 Å². The molecule has 2 heteroatoms. The lowest BCUT2D eigenvalue weighted by atomic mass is 9.64. The van der Waals surface area contributed by atoms with Crippen LogP contribution in [-0.2, 0) is 4.43 Å². The fraction of sp³-hybridized carbons (Fsp3) is 1.00. The Balaban J connectivity index is 0. The van der Waals surface area contributed by atoms with Crippen LogP contribution in [-0.4, -0.2) is 16.1 Å². The zero-order valence-electron chi connectivity index (χ0n) is 9.91. The van der Waals surface area contributed by atoms with Crippen LogP contribution in [0.1, 0.15) is 49.9 Å². The van der Waals surface area contributed by atoms with Crippen LogP contribution in [0, 0.1) is 10.8 Å². The molecule has 0 saturated heterocycles. The standard InChI is InChI=1S/C10H24OSi.H2/c1-8(2,3)10(7,11-12)9(4,5)6;/h1-7,12H3;1H. The fourth-order valence-electron chi connectivity index (χ4n) is 1.74. The Morgan fingerprint density at radius 2 is 1.08 bits per heavy atom. The van der Waals surface area contributed by atoms with Crippen LogP contribution in [0.4, 0.5) is 0 Å². The molecule has 0 aliphatic heterocycles. The molecule has 0 aliphatic carbocycles. The Morgan fingerprint density at radius 3 is 1.08 bits per heavy atom. The lowest BCUT2D eigenvalue weighted by Crippen LogP contribution is -2.52. The fourth-order valence-corrected chi connectivity index (χ4v) is 2.96. The Hall–Kier alpha value is 0.177. The predicted octanol–water partition coefficient (Wildman–Crippen LogP) is 2.38. The molecule has 0 aromatic heterocycles. The van der Waals surface area contributed by atoms with Crippen molar-refractivity contribution < 1.29 is 5.85 Å². The highest BCUT2D eigenvalue weighted by atomic mass is 28.2. The van der Waals surface area contributed by atoms with Gasteiger partial charge in [0.1, 0.15) is 10.5 Å². The molecule has 0 spiro atoms. The zero-order chi connectivity index (χ0) is 10.2. The number of hydrogen-bond donors (Lipinski definition) is 0. The molecule has 0 aromatic rings. The molecule has 0 rings (SSSR count). The Morgan fingerprint density at radius 1 is 0.833 bits per heavy atom. The van der Waals surface area contributed by atoms with Crippen molar-refractivity contribution in [1.29, 1.82) is 0 Å². The third-order valence-corrected chi connectivity index (χ3v) is 4.09. The van der Waals surface area contributed by atoms with Gasteiger partial charge < -0.3 is 4.43 Å². The first-order chi connectivity index (χ1) is 5.06. The van der Waals surface area contributed by atoms with Gasteiger partial charge in [-0.1, -0.05) is 41.5 Å². The zero-order valence-corrected chi connectivity index (χ0v) is 11.9. The maximum atomic E-state index is 5.81. The maximum Gasteiger partial charge on any atom is 0.146 e. The molecule has 0 fully saturated rings. The molecular weight excluding hydrogens is 164 g/mol. The maximum absolute atomic E-state index is 5.81. The van der Waals surface area contributed by atoms with Crippen LogP contribution in [0.5, 0.6) is 0 Å². The highest BCUT2D eigenvalue weighted by Crippen LogP contribution is 2.45. The molecule has 0 atom stereocenters. The Labute approximate surface area is 81.9 Å². The van der Waals surface area contributed by atoms with E-state index in [-0.39, 0.29) is 17.9 Å². The quantitative estimate of drug-likeness (QED) is 0.577. The van der Waals surface area contributed by atoms with E-state index in [4.69, 9.17) is 4.43 Å². The van der Waals surface area contributed by atoms with Gasteiger partial charge in [-0.2, -0.15) is 0 Å². The van der Waals surface area contributed by atoms with Gasteiger partial charge in [-0.25, -0.2) is 0 Å². The number of hydrogen-bond acceptors (Lipinski definition) is 1. The van der Waals surface area contributed by atoms with Crippen LogP contribution >= 0.6 is 0 Å². The molecule has 0 unspecified atom stereocenters. The van der Waals surface area contributed by atoms with Crippen molar-refractivity contribution in [3.05, 3.63) is 0 Å². The summed E-state index contributed by atoms with van der Waals surface area (Å²) in [5.41, 5.74) is 0.381. The van der Waals surface area contributed by atoms with Crippen LogP contribution in [0.25, 0.3) is 0 Å². The Kier molecular flexibility index (Phi) is 3.19. The smallest absolute Gasteiger partial charge is 0.146 e. The minimum absolute atomic E-state index is 0. The molecular formula is C10H26OSi. The van der Waals surface area contributed by atoms with Gasteiger partial charge in [-0.05, 0) is 17.8 Å². The summed E-state index contributed by atoms with van der Waals surface area (Å²) in [7, 11) is 0.808. The summed E-state index contributed by atoms with van der Waals surface area (Å²) in [6.45, 7) is 15.7. The second-order valence-corrected chi connectivity index (χ2v) is 6.15. The van der Waals surface area contributed by atoms with Gasteiger partial charge in [-0.15, -0.1) is 0 Å². The molecule has 0 amide bonds. The lowest BCUT2D eigenvalue weighted by molar-refractivity contribution is -0.0954. The monoisotopic (exact) mass is 190 g/mol. The van der Waals surface area contributed by atoms with Gasteiger partial charge in [0.2, 0.25) is 0 Å². The molecule has 0 aliphatic rings. The van der Waals surface area contributed by atoms with E-state index < -0.39 is 0 Å². The van der Waals surface area contributed by atoms with Crippen molar-refractivity contribution in [3.8, 4) is 0 Å². The second kappa shape index (κ2) is 3.15. The van der Waals surface area contributed by atoms with E-state index in [2.05, 4.69) is 48.5 Å². The predicted molar refractivity (Wildman–Crippen MR) is 60.5 cm³/mol. The van der Waals surface area contributed by atoms with Crippen LogP contribution < -0.4 is 0 Å². The molecule has 0 saturated carbocycles.